The molecule has 1 N–H and O–H groups in total. The molecular formula is C26H36N4O. The maximum absolute atomic E-state index is 12.5. The van der Waals surface area contributed by atoms with Gasteiger partial charge in [-0.3, -0.25) is 4.98 Å². The first-order valence-electron chi connectivity index (χ1n) is 11.9. The highest BCUT2D eigenvalue weighted by atomic mass is 16.2. The van der Waals surface area contributed by atoms with Crippen molar-refractivity contribution in [2.24, 2.45) is 5.92 Å². The molecule has 3 heterocycles. The summed E-state index contributed by atoms with van der Waals surface area (Å²) in [5, 5.41) is 3.05. The van der Waals surface area contributed by atoms with E-state index in [1.165, 1.54) is 56.4 Å². The van der Waals surface area contributed by atoms with E-state index in [4.69, 9.17) is 0 Å². The van der Waals surface area contributed by atoms with Gasteiger partial charge in [-0.25, -0.2) is 4.79 Å². The maximum atomic E-state index is 12.5. The van der Waals surface area contributed by atoms with Crippen LogP contribution in [0.4, 0.5) is 10.5 Å². The first-order valence-corrected chi connectivity index (χ1v) is 11.9. The lowest BCUT2D eigenvalue weighted by Crippen LogP contribution is -2.50. The monoisotopic (exact) mass is 420 g/mol. The standard InChI is InChI=1S/C26H36N4O/c1-3-20(4-2)17-29-14-11-22(12-15-29)21-7-9-25(10-8-21)28-26(31)30-18-24(19-30)23-6-5-13-27-16-23/h5-10,13,16,20,22,24H,3-4,11-12,14-15,17-19H2,1-2H3,(H,28,31). The number of nitrogens with zero attached hydrogens (tertiary/aromatic N) is 3. The van der Waals surface area contributed by atoms with Crippen LogP contribution >= 0.6 is 0 Å². The van der Waals surface area contributed by atoms with E-state index in [1.807, 2.05) is 17.2 Å². The summed E-state index contributed by atoms with van der Waals surface area (Å²) in [5.41, 5.74) is 3.49. The van der Waals surface area contributed by atoms with Crippen LogP contribution in [0, 0.1) is 5.92 Å². The molecule has 0 saturated carbocycles. The third kappa shape index (κ3) is 5.45. The molecule has 0 unspecified atom stereocenters. The Morgan fingerprint density at radius 3 is 2.35 bits per heavy atom. The van der Waals surface area contributed by atoms with E-state index in [0.29, 0.717) is 11.8 Å². The summed E-state index contributed by atoms with van der Waals surface area (Å²) in [4.78, 5) is 21.2. The fourth-order valence-electron chi connectivity index (χ4n) is 4.87. The summed E-state index contributed by atoms with van der Waals surface area (Å²) in [5.74, 6) is 1.88. The molecule has 2 fully saturated rings. The van der Waals surface area contributed by atoms with Gasteiger partial charge in [0.2, 0.25) is 0 Å². The Balaban J connectivity index is 1.22. The highest BCUT2D eigenvalue weighted by molar-refractivity contribution is 5.90. The van der Waals surface area contributed by atoms with Gasteiger partial charge in [0, 0.05) is 43.6 Å². The van der Waals surface area contributed by atoms with Crippen LogP contribution in [0.1, 0.15) is 62.5 Å². The molecule has 5 heteroatoms. The summed E-state index contributed by atoms with van der Waals surface area (Å²) in [6, 6.07) is 12.5. The number of anilines is 1. The molecule has 2 saturated heterocycles. The molecule has 2 aromatic rings. The number of nitrogens with one attached hydrogen (secondary N) is 1. The van der Waals surface area contributed by atoms with Gasteiger partial charge in [0.1, 0.15) is 0 Å². The zero-order chi connectivity index (χ0) is 21.6. The zero-order valence-corrected chi connectivity index (χ0v) is 19.0. The lowest BCUT2D eigenvalue weighted by molar-refractivity contribution is 0.164. The van der Waals surface area contributed by atoms with Crippen molar-refractivity contribution in [2.45, 2.75) is 51.4 Å². The Bertz CT molecular complexity index is 820. The molecule has 0 radical (unpaired) electrons. The SMILES string of the molecule is CCC(CC)CN1CCC(c2ccc(NC(=O)N3CC(c4cccnc4)C3)cc2)CC1. The smallest absolute Gasteiger partial charge is 0.321 e. The number of carbonyl (C=O) groups is 1. The van der Waals surface area contributed by atoms with Gasteiger partial charge in [0.25, 0.3) is 0 Å². The lowest BCUT2D eigenvalue weighted by atomic mass is 9.88. The number of aromatic nitrogens is 1. The minimum atomic E-state index is -0.0115. The van der Waals surface area contributed by atoms with Gasteiger partial charge in [-0.05, 0) is 67.1 Å². The van der Waals surface area contributed by atoms with Gasteiger partial charge < -0.3 is 15.1 Å². The van der Waals surface area contributed by atoms with E-state index in [2.05, 4.69) is 59.4 Å². The highest BCUT2D eigenvalue weighted by Gasteiger charge is 2.31. The van der Waals surface area contributed by atoms with Gasteiger partial charge in [-0.2, -0.15) is 0 Å². The molecule has 1 aromatic carbocycles. The Kier molecular flexibility index (Phi) is 7.23. The first-order chi connectivity index (χ1) is 15.2. The number of piperidine rings is 1. The lowest BCUT2D eigenvalue weighted by Gasteiger charge is -2.39. The number of benzene rings is 1. The van der Waals surface area contributed by atoms with Crippen molar-refractivity contribution in [3.8, 4) is 0 Å². The van der Waals surface area contributed by atoms with Gasteiger partial charge in [-0.1, -0.05) is 44.9 Å². The second-order valence-electron chi connectivity index (χ2n) is 9.20. The van der Waals surface area contributed by atoms with Gasteiger partial charge in [0.15, 0.2) is 0 Å². The molecule has 2 aliphatic rings. The van der Waals surface area contributed by atoms with Crippen molar-refractivity contribution in [2.75, 3.05) is 38.0 Å². The van der Waals surface area contributed by atoms with Crippen LogP contribution in [0.15, 0.2) is 48.8 Å². The molecule has 4 rings (SSSR count). The molecule has 1 aromatic heterocycles. The van der Waals surface area contributed by atoms with Crippen molar-refractivity contribution in [1.29, 1.82) is 0 Å². The van der Waals surface area contributed by atoms with E-state index in [9.17, 15) is 4.79 Å². The average molecular weight is 421 g/mol. The Morgan fingerprint density at radius 1 is 1.03 bits per heavy atom. The van der Waals surface area contributed by atoms with Gasteiger partial charge in [0.05, 0.1) is 0 Å². The van der Waals surface area contributed by atoms with Gasteiger partial charge in [-0.15, -0.1) is 0 Å². The van der Waals surface area contributed by atoms with Crippen molar-refractivity contribution >= 4 is 11.7 Å². The molecule has 2 aliphatic heterocycles. The van der Waals surface area contributed by atoms with E-state index in [1.54, 1.807) is 6.20 Å². The zero-order valence-electron chi connectivity index (χ0n) is 19.0. The Labute approximate surface area is 186 Å². The second-order valence-corrected chi connectivity index (χ2v) is 9.20. The van der Waals surface area contributed by atoms with Crippen molar-refractivity contribution in [3.05, 3.63) is 59.9 Å². The predicted octanol–water partition coefficient (Wildman–Crippen LogP) is 5.33. The molecule has 0 atom stereocenters. The number of likely N-dealkylation sites (tertiary alicyclic amines) is 2. The maximum Gasteiger partial charge on any atom is 0.321 e. The molecule has 0 spiro atoms. The molecule has 2 amide bonds. The minimum Gasteiger partial charge on any atom is -0.323 e. The van der Waals surface area contributed by atoms with Crippen LogP contribution in [-0.2, 0) is 0 Å². The minimum absolute atomic E-state index is 0.0115. The third-order valence-electron chi connectivity index (χ3n) is 7.22. The van der Waals surface area contributed by atoms with Crippen molar-refractivity contribution in [1.82, 2.24) is 14.8 Å². The number of rotatable bonds is 7. The van der Waals surface area contributed by atoms with Crippen LogP contribution < -0.4 is 5.32 Å². The summed E-state index contributed by atoms with van der Waals surface area (Å²) in [6.45, 7) is 9.78. The normalized spacial score (nSPS) is 18.2. The molecule has 0 aliphatic carbocycles. The summed E-state index contributed by atoms with van der Waals surface area (Å²) < 4.78 is 0. The van der Waals surface area contributed by atoms with Crippen LogP contribution in [-0.4, -0.2) is 53.5 Å². The molecule has 0 bridgehead atoms. The fourth-order valence-corrected chi connectivity index (χ4v) is 4.87. The molecular weight excluding hydrogens is 384 g/mol. The van der Waals surface area contributed by atoms with E-state index in [-0.39, 0.29) is 6.03 Å². The first kappa shape index (κ1) is 21.8. The number of pyridine rings is 1. The van der Waals surface area contributed by atoms with Crippen LogP contribution in [0.25, 0.3) is 0 Å². The summed E-state index contributed by atoms with van der Waals surface area (Å²) in [6.07, 6.45) is 8.71. The third-order valence-corrected chi connectivity index (χ3v) is 7.22. The number of amides is 2. The largest absolute Gasteiger partial charge is 0.323 e. The van der Waals surface area contributed by atoms with Crippen LogP contribution in [0.2, 0.25) is 0 Å². The molecule has 5 nitrogen and oxygen atoms in total. The van der Waals surface area contributed by atoms with Crippen molar-refractivity contribution < 1.29 is 4.79 Å². The van der Waals surface area contributed by atoms with Gasteiger partial charge >= 0.3 is 6.03 Å². The van der Waals surface area contributed by atoms with E-state index in [0.717, 1.165) is 24.7 Å². The number of hydrogen-bond donors (Lipinski definition) is 1. The second kappa shape index (κ2) is 10.3. The Hall–Kier alpha value is -2.40. The highest BCUT2D eigenvalue weighted by Crippen LogP contribution is 2.30. The molecule has 31 heavy (non-hydrogen) atoms. The number of urea groups is 1. The number of hydrogen-bond acceptors (Lipinski definition) is 3. The number of carbonyl (C=O) groups excluding carboxylic acids is 1. The topological polar surface area (TPSA) is 48.5 Å². The van der Waals surface area contributed by atoms with Crippen molar-refractivity contribution in [3.63, 3.8) is 0 Å². The Morgan fingerprint density at radius 2 is 1.74 bits per heavy atom. The predicted molar refractivity (Wildman–Crippen MR) is 126 cm³/mol. The van der Waals surface area contributed by atoms with Crippen LogP contribution in [0.5, 0.6) is 0 Å². The van der Waals surface area contributed by atoms with Crippen LogP contribution in [0.3, 0.4) is 0 Å². The van der Waals surface area contributed by atoms with E-state index >= 15 is 0 Å². The average Bonchev–Trinajstić information content (AvgIpc) is 2.78. The summed E-state index contributed by atoms with van der Waals surface area (Å²) >= 11 is 0. The summed E-state index contributed by atoms with van der Waals surface area (Å²) in [7, 11) is 0. The molecule has 166 valence electrons. The fraction of sp³-hybridized carbons (Fsp3) is 0.538. The quantitative estimate of drug-likeness (QED) is 0.659. The van der Waals surface area contributed by atoms with E-state index < -0.39 is 0 Å².